The van der Waals surface area contributed by atoms with Crippen molar-refractivity contribution < 1.29 is 9.84 Å². The summed E-state index contributed by atoms with van der Waals surface area (Å²) >= 11 is 0. The number of ether oxygens (including phenoxy) is 1. The summed E-state index contributed by atoms with van der Waals surface area (Å²) in [5.74, 6) is 0. The molecule has 0 atom stereocenters. The minimum Gasteiger partial charge on any atom is -0.394 e. The number of hydrogen-bond donors (Lipinski definition) is 2. The van der Waals surface area contributed by atoms with E-state index in [2.05, 4.69) is 31.0 Å². The van der Waals surface area contributed by atoms with Crippen LogP contribution in [0.5, 0.6) is 0 Å². The number of aliphatic hydroxyl groups is 1. The SMILES string of the molecule is CCCNCC(CC)(CC)CN1CCC(OCCO)CC1. The van der Waals surface area contributed by atoms with Crippen molar-refractivity contribution in [3.63, 3.8) is 0 Å². The highest BCUT2D eigenvalue weighted by Gasteiger charge is 2.30. The summed E-state index contributed by atoms with van der Waals surface area (Å²) in [5.41, 5.74) is 0.411. The lowest BCUT2D eigenvalue weighted by Gasteiger charge is -2.40. The zero-order valence-corrected chi connectivity index (χ0v) is 14.4. The molecule has 0 bridgehead atoms. The maximum atomic E-state index is 8.83. The Morgan fingerprint density at radius 3 is 2.38 bits per heavy atom. The first kappa shape index (κ1) is 18.9. The van der Waals surface area contributed by atoms with Gasteiger partial charge in [-0.2, -0.15) is 0 Å². The number of nitrogens with zero attached hydrogens (tertiary/aromatic N) is 1. The largest absolute Gasteiger partial charge is 0.394 e. The van der Waals surface area contributed by atoms with Crippen molar-refractivity contribution in [3.8, 4) is 0 Å². The summed E-state index contributed by atoms with van der Waals surface area (Å²) in [6.07, 6.45) is 6.24. The van der Waals surface area contributed by atoms with Crippen molar-refractivity contribution in [2.75, 3.05) is 45.9 Å². The maximum Gasteiger partial charge on any atom is 0.0701 e. The van der Waals surface area contributed by atoms with Crippen LogP contribution in [0, 0.1) is 5.41 Å². The van der Waals surface area contributed by atoms with Gasteiger partial charge in [0.2, 0.25) is 0 Å². The van der Waals surface area contributed by atoms with Gasteiger partial charge in [0.15, 0.2) is 0 Å². The Labute approximate surface area is 131 Å². The van der Waals surface area contributed by atoms with Crippen molar-refractivity contribution in [2.45, 2.75) is 59.0 Å². The minimum atomic E-state index is 0.137. The lowest BCUT2D eigenvalue weighted by Crippen LogP contribution is -2.47. The third-order valence-corrected chi connectivity index (χ3v) is 4.97. The molecule has 1 aliphatic heterocycles. The molecule has 1 aliphatic rings. The fourth-order valence-electron chi connectivity index (χ4n) is 3.24. The lowest BCUT2D eigenvalue weighted by atomic mass is 9.81. The van der Waals surface area contributed by atoms with E-state index in [4.69, 9.17) is 9.84 Å². The van der Waals surface area contributed by atoms with Crippen LogP contribution in [0.1, 0.15) is 52.9 Å². The van der Waals surface area contributed by atoms with E-state index in [1.165, 1.54) is 25.8 Å². The molecule has 0 unspecified atom stereocenters. The van der Waals surface area contributed by atoms with Crippen LogP contribution < -0.4 is 5.32 Å². The number of nitrogens with one attached hydrogen (secondary N) is 1. The zero-order chi connectivity index (χ0) is 15.6. The average Bonchev–Trinajstić information content (AvgIpc) is 2.53. The Balaban J connectivity index is 2.38. The predicted molar refractivity (Wildman–Crippen MR) is 88.7 cm³/mol. The number of aliphatic hydroxyl groups excluding tert-OH is 1. The van der Waals surface area contributed by atoms with E-state index >= 15 is 0 Å². The van der Waals surface area contributed by atoms with E-state index in [1.54, 1.807) is 0 Å². The second-order valence-corrected chi connectivity index (χ2v) is 6.45. The van der Waals surface area contributed by atoms with Crippen molar-refractivity contribution >= 4 is 0 Å². The van der Waals surface area contributed by atoms with Gasteiger partial charge in [0, 0.05) is 26.2 Å². The van der Waals surface area contributed by atoms with Crippen LogP contribution in [0.15, 0.2) is 0 Å². The van der Waals surface area contributed by atoms with Gasteiger partial charge in [0.25, 0.3) is 0 Å². The molecular weight excluding hydrogens is 264 g/mol. The summed E-state index contributed by atoms with van der Waals surface area (Å²) in [5, 5.41) is 12.5. The van der Waals surface area contributed by atoms with Crippen LogP contribution in [0.25, 0.3) is 0 Å². The standard InChI is InChI=1S/C17H36N2O2/c1-4-9-18-14-17(5-2,6-3)15-19-10-7-16(8-11-19)21-13-12-20/h16,18,20H,4-15H2,1-3H3. The molecule has 4 nitrogen and oxygen atoms in total. The molecule has 126 valence electrons. The van der Waals surface area contributed by atoms with E-state index in [-0.39, 0.29) is 6.61 Å². The van der Waals surface area contributed by atoms with E-state index in [0.29, 0.717) is 18.1 Å². The Hall–Kier alpha value is -0.160. The zero-order valence-electron chi connectivity index (χ0n) is 14.4. The molecule has 0 amide bonds. The van der Waals surface area contributed by atoms with Crippen LogP contribution in [0.2, 0.25) is 0 Å². The molecule has 21 heavy (non-hydrogen) atoms. The molecule has 1 rings (SSSR count). The van der Waals surface area contributed by atoms with Crippen LogP contribution in [-0.2, 0) is 4.74 Å². The van der Waals surface area contributed by atoms with E-state index in [0.717, 1.165) is 39.0 Å². The van der Waals surface area contributed by atoms with Crippen molar-refractivity contribution in [1.82, 2.24) is 10.2 Å². The Morgan fingerprint density at radius 1 is 1.19 bits per heavy atom. The summed E-state index contributed by atoms with van der Waals surface area (Å²) in [7, 11) is 0. The van der Waals surface area contributed by atoms with Crippen LogP contribution >= 0.6 is 0 Å². The molecule has 0 aromatic rings. The maximum absolute atomic E-state index is 8.83. The van der Waals surface area contributed by atoms with Crippen LogP contribution in [-0.4, -0.2) is 62.0 Å². The van der Waals surface area contributed by atoms with E-state index in [9.17, 15) is 0 Å². The third kappa shape index (κ3) is 6.64. The highest BCUT2D eigenvalue weighted by atomic mass is 16.5. The first-order valence-electron chi connectivity index (χ1n) is 8.85. The third-order valence-electron chi connectivity index (χ3n) is 4.97. The number of piperidine rings is 1. The van der Waals surface area contributed by atoms with Gasteiger partial charge < -0.3 is 20.1 Å². The molecule has 0 aromatic heterocycles. The van der Waals surface area contributed by atoms with Gasteiger partial charge in [-0.1, -0.05) is 20.8 Å². The smallest absolute Gasteiger partial charge is 0.0701 e. The summed E-state index contributed by atoms with van der Waals surface area (Å²) < 4.78 is 5.65. The molecule has 1 fully saturated rings. The number of rotatable bonds is 11. The second kappa shape index (κ2) is 10.5. The van der Waals surface area contributed by atoms with Gasteiger partial charge in [-0.25, -0.2) is 0 Å². The van der Waals surface area contributed by atoms with Crippen molar-refractivity contribution in [3.05, 3.63) is 0 Å². The average molecular weight is 300 g/mol. The molecule has 1 saturated heterocycles. The van der Waals surface area contributed by atoms with Crippen LogP contribution in [0.4, 0.5) is 0 Å². The molecule has 2 N–H and O–H groups in total. The van der Waals surface area contributed by atoms with Gasteiger partial charge in [0.05, 0.1) is 19.3 Å². The lowest BCUT2D eigenvalue weighted by molar-refractivity contribution is -0.0155. The summed E-state index contributed by atoms with van der Waals surface area (Å²) in [6.45, 7) is 13.2. The topological polar surface area (TPSA) is 44.7 Å². The Morgan fingerprint density at radius 2 is 1.86 bits per heavy atom. The Bertz CT molecular complexity index is 249. The highest BCUT2D eigenvalue weighted by molar-refractivity contribution is 4.85. The van der Waals surface area contributed by atoms with Gasteiger partial charge in [-0.05, 0) is 44.1 Å². The van der Waals surface area contributed by atoms with E-state index < -0.39 is 0 Å². The quantitative estimate of drug-likeness (QED) is 0.575. The first-order valence-corrected chi connectivity index (χ1v) is 8.85. The minimum absolute atomic E-state index is 0.137. The van der Waals surface area contributed by atoms with Gasteiger partial charge in [0.1, 0.15) is 0 Å². The molecule has 1 heterocycles. The summed E-state index contributed by atoms with van der Waals surface area (Å²) in [6, 6.07) is 0. The van der Waals surface area contributed by atoms with Gasteiger partial charge in [-0.15, -0.1) is 0 Å². The van der Waals surface area contributed by atoms with Crippen molar-refractivity contribution in [1.29, 1.82) is 0 Å². The molecule has 4 heteroatoms. The molecule has 0 spiro atoms. The monoisotopic (exact) mass is 300 g/mol. The van der Waals surface area contributed by atoms with Gasteiger partial charge in [-0.3, -0.25) is 0 Å². The van der Waals surface area contributed by atoms with E-state index in [1.807, 2.05) is 0 Å². The number of hydrogen-bond acceptors (Lipinski definition) is 4. The molecule has 0 aromatic carbocycles. The molecule has 0 saturated carbocycles. The normalized spacial score (nSPS) is 18.3. The predicted octanol–water partition coefficient (Wildman–Crippen LogP) is 2.27. The fourth-order valence-corrected chi connectivity index (χ4v) is 3.24. The molecule has 0 radical (unpaired) electrons. The Kier molecular flexibility index (Phi) is 9.49. The number of likely N-dealkylation sites (tertiary alicyclic amines) is 1. The summed E-state index contributed by atoms with van der Waals surface area (Å²) in [4.78, 5) is 2.61. The molecule has 0 aliphatic carbocycles. The second-order valence-electron chi connectivity index (χ2n) is 6.45. The van der Waals surface area contributed by atoms with Crippen molar-refractivity contribution in [2.24, 2.45) is 5.41 Å². The highest BCUT2D eigenvalue weighted by Crippen LogP contribution is 2.28. The fraction of sp³-hybridized carbons (Fsp3) is 1.00. The first-order chi connectivity index (χ1) is 10.2. The molecular formula is C17H36N2O2. The van der Waals surface area contributed by atoms with Gasteiger partial charge >= 0.3 is 0 Å². The van der Waals surface area contributed by atoms with Crippen LogP contribution in [0.3, 0.4) is 0 Å².